The standard InChI is InChI=1S/C27H18N3O.C12H10N.Ir/c1-16-14-29-25(13-24(16)19-7-8-20-15-28-11-10-18(20)12-19)23-5-3-4-21-22-9-6-17(2)30-27(22)31-26(21)23;1-10-7-8-12(13-9-10)11-5-3-2-4-6-11;/h3-4,6-15H,1-2H3;2-5,7-9H,1H3;/q2*-1;. The minimum absolute atomic E-state index is 0. The Kier molecular flexibility index (Phi) is 8.61. The van der Waals surface area contributed by atoms with Crippen LogP contribution in [0, 0.1) is 32.9 Å². The monoisotopic (exact) mass is 761 g/mol. The number of rotatable bonds is 3. The second-order valence-corrected chi connectivity index (χ2v) is 10.8. The zero-order valence-electron chi connectivity index (χ0n) is 25.0. The van der Waals surface area contributed by atoms with Crippen molar-refractivity contribution < 1.29 is 24.5 Å². The van der Waals surface area contributed by atoms with E-state index in [9.17, 15) is 0 Å². The van der Waals surface area contributed by atoms with Crippen molar-refractivity contribution in [2.75, 3.05) is 0 Å². The molecule has 0 amide bonds. The van der Waals surface area contributed by atoms with Crippen LogP contribution in [0.25, 0.3) is 66.5 Å². The molecule has 0 aliphatic rings. The zero-order chi connectivity index (χ0) is 30.0. The summed E-state index contributed by atoms with van der Waals surface area (Å²) < 4.78 is 6.16. The van der Waals surface area contributed by atoms with E-state index in [0.717, 1.165) is 72.0 Å². The first-order chi connectivity index (χ1) is 21.5. The average molecular weight is 761 g/mol. The van der Waals surface area contributed by atoms with E-state index in [0.29, 0.717) is 5.71 Å². The van der Waals surface area contributed by atoms with Crippen LogP contribution in [0.5, 0.6) is 0 Å². The Labute approximate surface area is 275 Å². The smallest absolute Gasteiger partial charge is 0.216 e. The van der Waals surface area contributed by atoms with E-state index in [1.54, 1.807) is 0 Å². The van der Waals surface area contributed by atoms with Crippen LogP contribution in [-0.4, -0.2) is 19.9 Å². The third-order valence-corrected chi connectivity index (χ3v) is 7.65. The molecule has 3 aromatic carbocycles. The average Bonchev–Trinajstić information content (AvgIpc) is 3.44. The van der Waals surface area contributed by atoms with Crippen molar-refractivity contribution in [3.8, 4) is 33.6 Å². The predicted octanol–water partition coefficient (Wildman–Crippen LogP) is 9.53. The fraction of sp³-hybridized carbons (Fsp3) is 0.0769. The van der Waals surface area contributed by atoms with E-state index in [2.05, 4.69) is 70.4 Å². The minimum atomic E-state index is 0. The van der Waals surface area contributed by atoms with E-state index in [1.807, 2.05) is 93.2 Å². The summed E-state index contributed by atoms with van der Waals surface area (Å²) in [6.07, 6.45) is 7.50. The summed E-state index contributed by atoms with van der Waals surface area (Å²) in [5.74, 6) is 0. The molecule has 0 spiro atoms. The zero-order valence-corrected chi connectivity index (χ0v) is 27.4. The molecule has 0 saturated heterocycles. The molecule has 0 aliphatic heterocycles. The summed E-state index contributed by atoms with van der Waals surface area (Å²) in [6.45, 7) is 6.08. The maximum absolute atomic E-state index is 6.16. The molecular formula is C39H28IrN4O-2. The van der Waals surface area contributed by atoms with E-state index in [1.165, 1.54) is 5.56 Å². The molecule has 5 nitrogen and oxygen atoms in total. The molecule has 6 heteroatoms. The first kappa shape index (κ1) is 30.0. The molecule has 0 bridgehead atoms. The molecule has 0 unspecified atom stereocenters. The van der Waals surface area contributed by atoms with Gasteiger partial charge in [-0.2, -0.15) is 0 Å². The predicted molar refractivity (Wildman–Crippen MR) is 177 cm³/mol. The molecule has 5 heterocycles. The van der Waals surface area contributed by atoms with Crippen LogP contribution in [-0.2, 0) is 20.1 Å². The third kappa shape index (κ3) is 6.16. The van der Waals surface area contributed by atoms with Crippen molar-refractivity contribution >= 4 is 32.8 Å². The first-order valence-electron chi connectivity index (χ1n) is 14.4. The Morgan fingerprint density at radius 3 is 2.40 bits per heavy atom. The SMILES string of the molecule is Cc1ccc(-c2[c-]cccc2)nc1.Cc1ccc2c(n1)oc1c(-c3cc(-c4ccc5cnccc5c4)c(C)cn3)[c-]ccc12.[Ir]. The Morgan fingerprint density at radius 1 is 0.689 bits per heavy atom. The van der Waals surface area contributed by atoms with Gasteiger partial charge in [-0.3, -0.25) is 4.98 Å². The van der Waals surface area contributed by atoms with Crippen LogP contribution in [0.4, 0.5) is 0 Å². The van der Waals surface area contributed by atoms with Crippen LogP contribution in [0.3, 0.4) is 0 Å². The fourth-order valence-electron chi connectivity index (χ4n) is 5.31. The van der Waals surface area contributed by atoms with Crippen LogP contribution >= 0.6 is 0 Å². The summed E-state index contributed by atoms with van der Waals surface area (Å²) in [4.78, 5) is 17.8. The second-order valence-electron chi connectivity index (χ2n) is 10.8. The van der Waals surface area contributed by atoms with Gasteiger partial charge in [0, 0.05) is 61.4 Å². The van der Waals surface area contributed by atoms with Gasteiger partial charge in [-0.1, -0.05) is 41.3 Å². The molecule has 5 aromatic heterocycles. The maximum atomic E-state index is 6.16. The van der Waals surface area contributed by atoms with Gasteiger partial charge in [-0.25, -0.2) is 4.98 Å². The maximum Gasteiger partial charge on any atom is 0.216 e. The molecule has 0 atom stereocenters. The van der Waals surface area contributed by atoms with Crippen molar-refractivity contribution in [1.29, 1.82) is 0 Å². The van der Waals surface area contributed by atoms with Gasteiger partial charge < -0.3 is 14.4 Å². The molecule has 221 valence electrons. The van der Waals surface area contributed by atoms with Crippen molar-refractivity contribution in [2.24, 2.45) is 0 Å². The number of furan rings is 1. The van der Waals surface area contributed by atoms with E-state index >= 15 is 0 Å². The molecule has 8 aromatic rings. The summed E-state index contributed by atoms with van der Waals surface area (Å²) >= 11 is 0. The number of fused-ring (bicyclic) bond motifs is 4. The first-order valence-corrected chi connectivity index (χ1v) is 14.4. The molecule has 45 heavy (non-hydrogen) atoms. The Balaban J connectivity index is 0.000000215. The van der Waals surface area contributed by atoms with Crippen molar-refractivity contribution in [3.63, 3.8) is 0 Å². The van der Waals surface area contributed by atoms with Gasteiger partial charge >= 0.3 is 0 Å². The Morgan fingerprint density at radius 2 is 1.58 bits per heavy atom. The number of aromatic nitrogens is 4. The molecule has 0 fully saturated rings. The van der Waals surface area contributed by atoms with Crippen molar-refractivity contribution in [1.82, 2.24) is 19.9 Å². The number of nitrogens with zero attached hydrogens (tertiary/aromatic N) is 4. The molecule has 8 rings (SSSR count). The molecule has 0 aliphatic carbocycles. The summed E-state index contributed by atoms with van der Waals surface area (Å²) in [7, 11) is 0. The topological polar surface area (TPSA) is 64.7 Å². The number of aryl methyl sites for hydroxylation is 3. The largest absolute Gasteiger partial charge is 0.486 e. The number of pyridine rings is 4. The fourth-order valence-corrected chi connectivity index (χ4v) is 5.31. The van der Waals surface area contributed by atoms with Crippen LogP contribution in [0.15, 0.2) is 120 Å². The number of benzene rings is 3. The molecule has 1 radical (unpaired) electrons. The quantitative estimate of drug-likeness (QED) is 0.168. The summed E-state index contributed by atoms with van der Waals surface area (Å²) in [5, 5.41) is 4.32. The van der Waals surface area contributed by atoms with E-state index in [-0.39, 0.29) is 20.1 Å². The van der Waals surface area contributed by atoms with Gasteiger partial charge in [0.25, 0.3) is 0 Å². The molecule has 0 N–H and O–H groups in total. The van der Waals surface area contributed by atoms with Crippen LogP contribution in [0.2, 0.25) is 0 Å². The molecular weight excluding hydrogens is 733 g/mol. The number of hydrogen-bond acceptors (Lipinski definition) is 5. The van der Waals surface area contributed by atoms with Gasteiger partial charge in [0.1, 0.15) is 0 Å². The number of hydrogen-bond donors (Lipinski definition) is 0. The van der Waals surface area contributed by atoms with Crippen molar-refractivity contribution in [3.05, 3.63) is 145 Å². The van der Waals surface area contributed by atoms with Gasteiger partial charge in [-0.05, 0) is 84.1 Å². The minimum Gasteiger partial charge on any atom is -0.486 e. The summed E-state index contributed by atoms with van der Waals surface area (Å²) in [5.41, 5.74) is 10.6. The third-order valence-electron chi connectivity index (χ3n) is 7.65. The van der Waals surface area contributed by atoms with Gasteiger partial charge in [-0.15, -0.1) is 54.1 Å². The Hall–Kier alpha value is -5.03. The van der Waals surface area contributed by atoms with Gasteiger partial charge in [0.05, 0.1) is 5.58 Å². The van der Waals surface area contributed by atoms with Crippen molar-refractivity contribution in [2.45, 2.75) is 20.8 Å². The van der Waals surface area contributed by atoms with Crippen LogP contribution in [0.1, 0.15) is 16.8 Å². The summed E-state index contributed by atoms with van der Waals surface area (Å²) in [6, 6.07) is 37.0. The molecule has 0 saturated carbocycles. The van der Waals surface area contributed by atoms with Gasteiger partial charge in [0.15, 0.2) is 0 Å². The van der Waals surface area contributed by atoms with Crippen LogP contribution < -0.4 is 0 Å². The Bertz CT molecular complexity index is 2260. The van der Waals surface area contributed by atoms with E-state index < -0.39 is 0 Å². The van der Waals surface area contributed by atoms with Gasteiger partial charge in [0.2, 0.25) is 5.71 Å². The van der Waals surface area contributed by atoms with E-state index in [4.69, 9.17) is 9.40 Å². The normalized spacial score (nSPS) is 10.8. The second kappa shape index (κ2) is 12.9.